The van der Waals surface area contributed by atoms with Crippen LogP contribution in [0.25, 0.3) is 0 Å². The molecular formula is C13H24N2O2. The Labute approximate surface area is 103 Å². The summed E-state index contributed by atoms with van der Waals surface area (Å²) in [6.45, 7) is 3.85. The van der Waals surface area contributed by atoms with Gasteiger partial charge in [-0.2, -0.15) is 0 Å². The minimum absolute atomic E-state index is 0.0387. The van der Waals surface area contributed by atoms with Crippen molar-refractivity contribution in [2.75, 3.05) is 19.7 Å². The van der Waals surface area contributed by atoms with Crippen molar-refractivity contribution >= 4 is 5.91 Å². The largest absolute Gasteiger partial charge is 0.394 e. The number of piperidine rings is 2. The van der Waals surface area contributed by atoms with Crippen molar-refractivity contribution in [1.29, 1.82) is 0 Å². The molecule has 4 heteroatoms. The minimum atomic E-state index is -0.400. The average molecular weight is 240 g/mol. The molecule has 1 amide bonds. The van der Waals surface area contributed by atoms with Crippen LogP contribution in [0.5, 0.6) is 0 Å². The number of amides is 1. The Morgan fingerprint density at radius 1 is 1.41 bits per heavy atom. The van der Waals surface area contributed by atoms with E-state index in [1.165, 1.54) is 0 Å². The monoisotopic (exact) mass is 240 g/mol. The Kier molecular flexibility index (Phi) is 4.05. The van der Waals surface area contributed by atoms with Gasteiger partial charge in [0.2, 0.25) is 5.91 Å². The molecule has 2 aliphatic rings. The van der Waals surface area contributed by atoms with Crippen LogP contribution in [0.4, 0.5) is 0 Å². The van der Waals surface area contributed by atoms with E-state index < -0.39 is 5.54 Å². The van der Waals surface area contributed by atoms with Crippen molar-refractivity contribution in [3.63, 3.8) is 0 Å². The third kappa shape index (κ3) is 2.63. The van der Waals surface area contributed by atoms with Gasteiger partial charge in [-0.1, -0.05) is 0 Å². The summed E-state index contributed by atoms with van der Waals surface area (Å²) in [5.74, 6) is 0.191. The van der Waals surface area contributed by atoms with E-state index in [1.807, 2.05) is 11.8 Å². The van der Waals surface area contributed by atoms with Crippen molar-refractivity contribution in [3.05, 3.63) is 0 Å². The van der Waals surface area contributed by atoms with Gasteiger partial charge in [0.15, 0.2) is 0 Å². The van der Waals surface area contributed by atoms with Crippen LogP contribution in [0.1, 0.15) is 45.4 Å². The highest BCUT2D eigenvalue weighted by Gasteiger charge is 2.40. The SMILES string of the molecule is CC1(C(=O)N2CCCCC2CO)CCCCN1. The molecule has 2 N–H and O–H groups in total. The second kappa shape index (κ2) is 5.36. The molecule has 17 heavy (non-hydrogen) atoms. The van der Waals surface area contributed by atoms with Gasteiger partial charge in [-0.05, 0) is 52.0 Å². The summed E-state index contributed by atoms with van der Waals surface area (Å²) in [7, 11) is 0. The van der Waals surface area contributed by atoms with Gasteiger partial charge in [-0.3, -0.25) is 4.79 Å². The van der Waals surface area contributed by atoms with Gasteiger partial charge in [0.05, 0.1) is 18.2 Å². The number of aliphatic hydroxyl groups is 1. The van der Waals surface area contributed by atoms with Gasteiger partial charge >= 0.3 is 0 Å². The molecule has 2 fully saturated rings. The van der Waals surface area contributed by atoms with Crippen molar-refractivity contribution in [2.45, 2.75) is 57.0 Å². The van der Waals surface area contributed by atoms with Crippen LogP contribution in [0, 0.1) is 0 Å². The summed E-state index contributed by atoms with van der Waals surface area (Å²) in [4.78, 5) is 14.5. The lowest BCUT2D eigenvalue weighted by Crippen LogP contribution is -2.61. The van der Waals surface area contributed by atoms with Gasteiger partial charge in [0.25, 0.3) is 0 Å². The van der Waals surface area contributed by atoms with Crippen LogP contribution in [0.15, 0.2) is 0 Å². The molecular weight excluding hydrogens is 216 g/mol. The van der Waals surface area contributed by atoms with Crippen molar-refractivity contribution in [3.8, 4) is 0 Å². The van der Waals surface area contributed by atoms with Crippen LogP contribution < -0.4 is 5.32 Å². The standard InChI is InChI=1S/C13H24N2O2/c1-13(7-3-4-8-14-13)12(17)15-9-5-2-6-11(15)10-16/h11,14,16H,2-10H2,1H3. The maximum Gasteiger partial charge on any atom is 0.242 e. The summed E-state index contributed by atoms with van der Waals surface area (Å²) in [6, 6.07) is 0.0387. The number of aliphatic hydroxyl groups excluding tert-OH is 1. The number of hydrogen-bond donors (Lipinski definition) is 2. The Balaban J connectivity index is 2.06. The molecule has 0 aromatic rings. The van der Waals surface area contributed by atoms with Crippen LogP contribution in [0.2, 0.25) is 0 Å². The lowest BCUT2D eigenvalue weighted by Gasteiger charge is -2.42. The molecule has 0 bridgehead atoms. The number of hydrogen-bond acceptors (Lipinski definition) is 3. The number of rotatable bonds is 2. The zero-order valence-electron chi connectivity index (χ0n) is 10.7. The first-order valence-electron chi connectivity index (χ1n) is 6.84. The zero-order valence-corrected chi connectivity index (χ0v) is 10.7. The van der Waals surface area contributed by atoms with Crippen molar-refractivity contribution in [2.24, 2.45) is 0 Å². The number of nitrogens with zero attached hydrogens (tertiary/aromatic N) is 1. The van der Waals surface area contributed by atoms with Gasteiger partial charge in [0, 0.05) is 6.54 Å². The summed E-state index contributed by atoms with van der Waals surface area (Å²) in [5, 5.41) is 12.7. The zero-order chi connectivity index (χ0) is 12.3. The number of likely N-dealkylation sites (tertiary alicyclic amines) is 1. The second-order valence-corrected chi connectivity index (χ2v) is 5.55. The van der Waals surface area contributed by atoms with Gasteiger partial charge in [-0.15, -0.1) is 0 Å². The first-order chi connectivity index (χ1) is 8.17. The molecule has 2 rings (SSSR count). The van der Waals surface area contributed by atoms with Gasteiger partial charge in [0.1, 0.15) is 0 Å². The van der Waals surface area contributed by atoms with Crippen LogP contribution in [0.3, 0.4) is 0 Å². The van der Waals surface area contributed by atoms with Crippen LogP contribution >= 0.6 is 0 Å². The Morgan fingerprint density at radius 2 is 2.24 bits per heavy atom. The highest BCUT2D eigenvalue weighted by molar-refractivity contribution is 5.86. The molecule has 0 aromatic heterocycles. The highest BCUT2D eigenvalue weighted by atomic mass is 16.3. The van der Waals surface area contributed by atoms with Crippen molar-refractivity contribution in [1.82, 2.24) is 10.2 Å². The number of carbonyl (C=O) groups is 1. The molecule has 0 aliphatic carbocycles. The van der Waals surface area contributed by atoms with E-state index in [0.717, 1.165) is 51.6 Å². The Hall–Kier alpha value is -0.610. The van der Waals surface area contributed by atoms with E-state index in [2.05, 4.69) is 5.32 Å². The van der Waals surface area contributed by atoms with E-state index >= 15 is 0 Å². The first kappa shape index (κ1) is 12.8. The molecule has 2 atom stereocenters. The Morgan fingerprint density at radius 3 is 2.88 bits per heavy atom. The maximum absolute atomic E-state index is 12.6. The summed E-state index contributed by atoms with van der Waals surface area (Å²) in [5.41, 5.74) is -0.400. The molecule has 2 unspecified atom stereocenters. The number of nitrogens with one attached hydrogen (secondary N) is 1. The highest BCUT2D eigenvalue weighted by Crippen LogP contribution is 2.25. The lowest BCUT2D eigenvalue weighted by atomic mass is 9.88. The molecule has 0 aromatic carbocycles. The molecule has 4 nitrogen and oxygen atoms in total. The third-order valence-corrected chi connectivity index (χ3v) is 4.19. The molecule has 0 spiro atoms. The fraction of sp³-hybridized carbons (Fsp3) is 0.923. The van der Waals surface area contributed by atoms with E-state index in [9.17, 15) is 9.90 Å². The fourth-order valence-corrected chi connectivity index (χ4v) is 3.01. The third-order valence-electron chi connectivity index (χ3n) is 4.19. The topological polar surface area (TPSA) is 52.6 Å². The van der Waals surface area contributed by atoms with Crippen LogP contribution in [-0.4, -0.2) is 47.2 Å². The quantitative estimate of drug-likeness (QED) is 0.754. The molecule has 2 saturated heterocycles. The average Bonchev–Trinajstić information content (AvgIpc) is 2.38. The van der Waals surface area contributed by atoms with Gasteiger partial charge < -0.3 is 15.3 Å². The number of carbonyl (C=O) groups excluding carboxylic acids is 1. The maximum atomic E-state index is 12.6. The second-order valence-electron chi connectivity index (χ2n) is 5.55. The van der Waals surface area contributed by atoms with Gasteiger partial charge in [-0.25, -0.2) is 0 Å². The summed E-state index contributed by atoms with van der Waals surface area (Å²) in [6.07, 6.45) is 6.33. The normalized spacial score (nSPS) is 34.7. The van der Waals surface area contributed by atoms with E-state index in [1.54, 1.807) is 0 Å². The van der Waals surface area contributed by atoms with Crippen molar-refractivity contribution < 1.29 is 9.90 Å². The molecule has 2 aliphatic heterocycles. The van der Waals surface area contributed by atoms with E-state index in [4.69, 9.17) is 0 Å². The fourth-order valence-electron chi connectivity index (χ4n) is 3.01. The smallest absolute Gasteiger partial charge is 0.242 e. The summed E-state index contributed by atoms with van der Waals surface area (Å²) >= 11 is 0. The Bertz CT molecular complexity index is 275. The lowest BCUT2D eigenvalue weighted by molar-refractivity contribution is -0.143. The predicted octanol–water partition coefficient (Wildman–Crippen LogP) is 0.892. The van der Waals surface area contributed by atoms with E-state index in [-0.39, 0.29) is 18.6 Å². The molecule has 98 valence electrons. The molecule has 0 radical (unpaired) electrons. The first-order valence-corrected chi connectivity index (χ1v) is 6.84. The van der Waals surface area contributed by atoms with Crippen LogP contribution in [-0.2, 0) is 4.79 Å². The predicted molar refractivity (Wildman–Crippen MR) is 66.7 cm³/mol. The molecule has 2 heterocycles. The molecule has 0 saturated carbocycles. The minimum Gasteiger partial charge on any atom is -0.394 e. The summed E-state index contributed by atoms with van der Waals surface area (Å²) < 4.78 is 0. The van der Waals surface area contributed by atoms with E-state index in [0.29, 0.717) is 0 Å².